The highest BCUT2D eigenvalue weighted by molar-refractivity contribution is 9.69. The summed E-state index contributed by atoms with van der Waals surface area (Å²) in [5.74, 6) is 1.70. The van der Waals surface area contributed by atoms with E-state index >= 15 is 0 Å². The number of hydrogen-bond donors (Lipinski definition) is 2. The third-order valence-corrected chi connectivity index (χ3v) is 7.45. The summed E-state index contributed by atoms with van der Waals surface area (Å²) in [4.78, 5) is 22.2. The normalized spacial score (nSPS) is 10.7. The molecule has 3 aromatic carbocycles. The number of aliphatic hydroxyl groups is 1. The Morgan fingerprint density at radius 3 is 1.41 bits per heavy atom. The number of carbonyl (C=O) groups is 2. The van der Waals surface area contributed by atoms with Gasteiger partial charge in [0.2, 0.25) is 0 Å². The second-order valence-electron chi connectivity index (χ2n) is 11.4. The average Bonchev–Trinajstić information content (AvgIpc) is 3.13. The molecular weight excluding hydrogens is 1130 g/mol. The van der Waals surface area contributed by atoms with E-state index < -0.39 is 18.2 Å². The zero-order chi connectivity index (χ0) is 42.1. The fourth-order valence-electron chi connectivity index (χ4n) is 3.08. The van der Waals surface area contributed by atoms with Crippen LogP contribution < -0.4 is 9.47 Å². The first-order valence-corrected chi connectivity index (χ1v) is 23.5. The maximum absolute atomic E-state index is 11.6. The van der Waals surface area contributed by atoms with E-state index in [1.807, 2.05) is 82.3 Å². The van der Waals surface area contributed by atoms with Crippen LogP contribution in [-0.4, -0.2) is 63.2 Å². The predicted molar refractivity (Wildman–Crippen MR) is 248 cm³/mol. The SMILES string of the molecule is BrB(Br)Br.CC(C)COC(=O)[C@@H](C)O.CC(C)COC(=O)[C@H](C)Oc1cccc(CBr)c1.COc1cccc(CBr)c1.ClCCl.Oc1cccc(CBr)c1. The number of ether oxygens (including phenoxy) is 4. The third kappa shape index (κ3) is 37.1. The molecule has 54 heavy (non-hydrogen) atoms. The summed E-state index contributed by atoms with van der Waals surface area (Å²) in [7, 11) is 1.67. The number of rotatable bonds is 12. The van der Waals surface area contributed by atoms with Gasteiger partial charge in [-0.2, -0.15) is 0 Å². The van der Waals surface area contributed by atoms with Gasteiger partial charge in [0.1, 0.15) is 23.4 Å². The van der Waals surface area contributed by atoms with Crippen molar-refractivity contribution < 1.29 is 38.7 Å². The second kappa shape index (κ2) is 38.0. The van der Waals surface area contributed by atoms with Gasteiger partial charge in [-0.25, -0.2) is 9.59 Å². The lowest BCUT2D eigenvalue weighted by Crippen LogP contribution is -2.27. The summed E-state index contributed by atoms with van der Waals surface area (Å²) in [6.45, 7) is 11.8. The van der Waals surface area contributed by atoms with Crippen LogP contribution in [0.25, 0.3) is 0 Å². The summed E-state index contributed by atoms with van der Waals surface area (Å²) in [6.07, 6.45) is -1.59. The first-order chi connectivity index (χ1) is 25.4. The van der Waals surface area contributed by atoms with Gasteiger partial charge in [0.25, 0.3) is 0 Å². The van der Waals surface area contributed by atoms with E-state index in [9.17, 15) is 9.59 Å². The highest BCUT2D eigenvalue weighted by atomic mass is 79.9. The highest BCUT2D eigenvalue weighted by Gasteiger charge is 2.17. The van der Waals surface area contributed by atoms with Crippen molar-refractivity contribution >= 4 is 133 Å². The zero-order valence-corrected chi connectivity index (χ0v) is 42.5. The Kier molecular flexibility index (Phi) is 40.7. The molecule has 2 N–H and O–H groups in total. The minimum atomic E-state index is -1.00. The number of aliphatic hydroxyl groups excluding tert-OH is 1. The van der Waals surface area contributed by atoms with Crippen LogP contribution in [0, 0.1) is 11.8 Å². The van der Waals surface area contributed by atoms with E-state index in [-0.39, 0.29) is 14.5 Å². The monoisotopic (exact) mass is 1180 g/mol. The van der Waals surface area contributed by atoms with Crippen molar-refractivity contribution in [2.24, 2.45) is 11.8 Å². The second-order valence-corrected chi connectivity index (χ2v) is 20.3. The van der Waals surface area contributed by atoms with Crippen LogP contribution >= 0.6 is 118 Å². The van der Waals surface area contributed by atoms with E-state index in [4.69, 9.17) is 47.6 Å². The number of alkyl halides is 5. The first kappa shape index (κ1) is 57.8. The zero-order valence-electron chi connectivity index (χ0n) is 31.4. The molecule has 0 bridgehead atoms. The number of carbonyl (C=O) groups excluding carboxylic acids is 2. The maximum atomic E-state index is 11.6. The Labute approximate surface area is 382 Å². The quantitative estimate of drug-likeness (QED) is 0.105. The molecule has 0 aliphatic heterocycles. The van der Waals surface area contributed by atoms with Crippen molar-refractivity contribution in [1.29, 1.82) is 0 Å². The van der Waals surface area contributed by atoms with E-state index in [2.05, 4.69) is 106 Å². The topological polar surface area (TPSA) is 112 Å². The first-order valence-electron chi connectivity index (χ1n) is 16.3. The molecule has 0 saturated carbocycles. The van der Waals surface area contributed by atoms with Crippen molar-refractivity contribution in [2.75, 3.05) is 25.7 Å². The molecule has 2 atom stereocenters. The Hall–Kier alpha value is -0.515. The molecule has 0 saturated heterocycles. The largest absolute Gasteiger partial charge is 0.508 e. The maximum Gasteiger partial charge on any atom is 0.369 e. The van der Waals surface area contributed by atoms with Crippen LogP contribution in [0.4, 0.5) is 0 Å². The number of phenolic OH excluding ortho intramolecular Hbond substituents is 1. The lowest BCUT2D eigenvalue weighted by atomic mass is 10.2. The third-order valence-electron chi connectivity index (χ3n) is 5.51. The minimum Gasteiger partial charge on any atom is -0.508 e. The molecule has 3 rings (SSSR count). The van der Waals surface area contributed by atoms with Crippen LogP contribution in [0.2, 0.25) is 0 Å². The molecule has 17 heteroatoms. The van der Waals surface area contributed by atoms with Crippen molar-refractivity contribution in [3.8, 4) is 17.2 Å². The van der Waals surface area contributed by atoms with Crippen LogP contribution in [0.15, 0.2) is 72.8 Å². The molecule has 0 unspecified atom stereocenters. The van der Waals surface area contributed by atoms with Gasteiger partial charge in [0.15, 0.2) is 6.10 Å². The summed E-state index contributed by atoms with van der Waals surface area (Å²) >= 11 is 28.9. The van der Waals surface area contributed by atoms with E-state index in [0.29, 0.717) is 36.5 Å². The molecule has 0 aromatic heterocycles. The predicted octanol–water partition coefficient (Wildman–Crippen LogP) is 12.6. The van der Waals surface area contributed by atoms with Gasteiger partial charge in [-0.1, -0.05) is 112 Å². The van der Waals surface area contributed by atoms with Gasteiger partial charge < -0.3 is 29.2 Å². The van der Waals surface area contributed by atoms with Gasteiger partial charge in [-0.3, -0.25) is 0 Å². The standard InChI is InChI=1S/C14H19BrO3.C8H9BrO.C7H7BrO.C7H14O3.CH2Cl2.BBr3/c1-10(2)9-17-14(16)11(3)18-13-6-4-5-12(7-13)8-15;1-10-8-4-2-3-7(5-8)6-9;8-5-6-2-1-3-7(9)4-6;1-5(2)4-10-7(9)6(3)8;2-1-3;2-1(3)4/h4-7,10-11H,8-9H2,1-3H3;2-5H,6H2,1H3;1-4,9H,5H2;5-6,8H,4H2,1-3H3;1H2;/t11-;;;6-;;/m0..1../s1. The number of benzene rings is 3. The van der Waals surface area contributed by atoms with Crippen LogP contribution in [0.5, 0.6) is 17.2 Å². The van der Waals surface area contributed by atoms with Crippen molar-refractivity contribution in [3.05, 3.63) is 89.5 Å². The Morgan fingerprint density at radius 1 is 0.685 bits per heavy atom. The molecule has 0 amide bonds. The number of phenols is 1. The Balaban J connectivity index is -0.000000628. The summed E-state index contributed by atoms with van der Waals surface area (Å²) in [5, 5.41) is 20.2. The van der Waals surface area contributed by atoms with E-state index in [1.165, 1.54) is 12.5 Å². The highest BCUT2D eigenvalue weighted by Crippen LogP contribution is 2.18. The van der Waals surface area contributed by atoms with Gasteiger partial charge in [0, 0.05) is 16.0 Å². The molecule has 3 aromatic rings. The van der Waals surface area contributed by atoms with Gasteiger partial charge >= 0.3 is 15.1 Å². The molecule has 306 valence electrons. The number of aromatic hydroxyl groups is 1. The lowest BCUT2D eigenvalue weighted by Gasteiger charge is -2.15. The van der Waals surface area contributed by atoms with Crippen molar-refractivity contribution in [3.63, 3.8) is 0 Å². The van der Waals surface area contributed by atoms with E-state index in [1.54, 1.807) is 26.2 Å². The minimum absolute atomic E-state index is 0.194. The number of esters is 2. The van der Waals surface area contributed by atoms with Gasteiger partial charge in [-0.15, -0.1) is 70.5 Å². The van der Waals surface area contributed by atoms with Crippen molar-refractivity contribution in [2.45, 2.75) is 69.7 Å². The molecule has 0 aliphatic carbocycles. The molecule has 0 heterocycles. The molecular formula is C37H51BBr6Cl2O8. The van der Waals surface area contributed by atoms with Crippen molar-refractivity contribution in [1.82, 2.24) is 0 Å². The van der Waals surface area contributed by atoms with Gasteiger partial charge in [-0.05, 0) is 78.8 Å². The summed E-state index contributed by atoms with van der Waals surface area (Å²) < 4.78 is 20.7. The summed E-state index contributed by atoms with van der Waals surface area (Å²) in [6, 6.07) is 22.8. The number of halogens is 8. The summed E-state index contributed by atoms with van der Waals surface area (Å²) in [5.41, 5.74) is 3.43. The molecule has 0 aliphatic rings. The lowest BCUT2D eigenvalue weighted by molar-refractivity contribution is -0.153. The number of hydrogen-bond acceptors (Lipinski definition) is 8. The van der Waals surface area contributed by atoms with Gasteiger partial charge in [0.05, 0.1) is 25.7 Å². The molecule has 0 spiro atoms. The molecule has 0 fully saturated rings. The fraction of sp³-hybridized carbons (Fsp3) is 0.459. The molecule has 0 radical (unpaired) electrons. The van der Waals surface area contributed by atoms with Crippen LogP contribution in [0.3, 0.4) is 0 Å². The average molecular weight is 1180 g/mol. The Morgan fingerprint density at radius 2 is 1.06 bits per heavy atom. The molecule has 8 nitrogen and oxygen atoms in total. The fourth-order valence-corrected chi connectivity index (χ4v) is 4.13. The van der Waals surface area contributed by atoms with Crippen LogP contribution in [-0.2, 0) is 35.1 Å². The number of methoxy groups -OCH3 is 1. The smallest absolute Gasteiger partial charge is 0.369 e. The Bertz CT molecular complexity index is 1360. The van der Waals surface area contributed by atoms with Crippen LogP contribution in [0.1, 0.15) is 58.2 Å². The van der Waals surface area contributed by atoms with E-state index in [0.717, 1.165) is 32.9 Å².